The Hall–Kier alpha value is -1.57. The number of nitriles is 1. The van der Waals surface area contributed by atoms with E-state index in [-0.39, 0.29) is 24.8 Å². The highest BCUT2D eigenvalue weighted by Crippen LogP contribution is 2.41. The number of nitrogens with zero attached hydrogens (tertiary/aromatic N) is 1. The van der Waals surface area contributed by atoms with Crippen molar-refractivity contribution in [3.05, 3.63) is 0 Å². The van der Waals surface area contributed by atoms with Crippen LogP contribution in [0.2, 0.25) is 0 Å². The largest absolute Gasteiger partial charge is 0.481 e. The maximum Gasteiger partial charge on any atom is 0.310 e. The van der Waals surface area contributed by atoms with E-state index in [2.05, 4.69) is 5.32 Å². The van der Waals surface area contributed by atoms with E-state index in [0.717, 1.165) is 12.8 Å². The molecule has 1 atom stereocenters. The molecule has 1 aliphatic rings. The molecular formula is C13H20N2O3. The van der Waals surface area contributed by atoms with Crippen LogP contribution in [0, 0.1) is 16.7 Å². The first-order valence-electron chi connectivity index (χ1n) is 6.44. The Morgan fingerprint density at radius 1 is 1.44 bits per heavy atom. The molecule has 1 fully saturated rings. The van der Waals surface area contributed by atoms with Crippen molar-refractivity contribution in [2.24, 2.45) is 5.41 Å². The van der Waals surface area contributed by atoms with Crippen LogP contribution in [0.4, 0.5) is 0 Å². The predicted molar refractivity (Wildman–Crippen MR) is 65.6 cm³/mol. The topological polar surface area (TPSA) is 90.2 Å². The van der Waals surface area contributed by atoms with Gasteiger partial charge in [0.2, 0.25) is 5.91 Å². The average molecular weight is 252 g/mol. The fourth-order valence-electron chi connectivity index (χ4n) is 2.51. The van der Waals surface area contributed by atoms with Crippen LogP contribution in [0.25, 0.3) is 0 Å². The summed E-state index contributed by atoms with van der Waals surface area (Å²) in [6, 6.07) is 1.85. The Kier molecular flexibility index (Phi) is 5.14. The number of carbonyl (C=O) groups is 2. The molecule has 1 unspecified atom stereocenters. The van der Waals surface area contributed by atoms with Gasteiger partial charge in [0, 0.05) is 12.5 Å². The van der Waals surface area contributed by atoms with Crippen LogP contribution in [-0.2, 0) is 9.59 Å². The summed E-state index contributed by atoms with van der Waals surface area (Å²) in [5.41, 5.74) is -0.880. The summed E-state index contributed by atoms with van der Waals surface area (Å²) in [6.07, 6.45) is 3.87. The van der Waals surface area contributed by atoms with Gasteiger partial charge in [-0.1, -0.05) is 19.8 Å². The molecule has 0 bridgehead atoms. The van der Waals surface area contributed by atoms with Gasteiger partial charge in [-0.25, -0.2) is 0 Å². The standard InChI is InChI=1S/C13H20N2O3/c1-2-10(5-8-14)15-11(16)9-13(12(17)18)6-3-4-7-13/h10H,2-7,9H2,1H3,(H,15,16)(H,17,18). The highest BCUT2D eigenvalue weighted by Gasteiger charge is 2.43. The first-order chi connectivity index (χ1) is 8.54. The Labute approximate surface area is 107 Å². The predicted octanol–water partition coefficient (Wildman–Crippen LogP) is 1.83. The second-order valence-electron chi connectivity index (χ2n) is 5.00. The molecule has 1 aliphatic carbocycles. The zero-order valence-corrected chi connectivity index (χ0v) is 10.7. The van der Waals surface area contributed by atoms with Crippen molar-refractivity contribution < 1.29 is 14.7 Å². The highest BCUT2D eigenvalue weighted by atomic mass is 16.4. The van der Waals surface area contributed by atoms with Gasteiger partial charge in [0.05, 0.1) is 17.9 Å². The minimum Gasteiger partial charge on any atom is -0.481 e. The Morgan fingerprint density at radius 3 is 2.50 bits per heavy atom. The molecule has 18 heavy (non-hydrogen) atoms. The summed E-state index contributed by atoms with van der Waals surface area (Å²) in [5.74, 6) is -1.12. The van der Waals surface area contributed by atoms with Gasteiger partial charge in [0.25, 0.3) is 0 Å². The van der Waals surface area contributed by atoms with E-state index in [0.29, 0.717) is 19.3 Å². The molecule has 1 saturated carbocycles. The molecule has 0 aromatic rings. The number of carbonyl (C=O) groups excluding carboxylic acids is 1. The maximum atomic E-state index is 11.9. The molecule has 1 amide bonds. The molecule has 5 nitrogen and oxygen atoms in total. The van der Waals surface area contributed by atoms with Gasteiger partial charge in [-0.15, -0.1) is 0 Å². The smallest absolute Gasteiger partial charge is 0.310 e. The second-order valence-corrected chi connectivity index (χ2v) is 5.00. The van der Waals surface area contributed by atoms with Crippen LogP contribution in [0.5, 0.6) is 0 Å². The van der Waals surface area contributed by atoms with Crippen molar-refractivity contribution >= 4 is 11.9 Å². The molecule has 0 aromatic heterocycles. The zero-order valence-electron chi connectivity index (χ0n) is 10.7. The molecule has 0 saturated heterocycles. The van der Waals surface area contributed by atoms with Crippen molar-refractivity contribution in [1.82, 2.24) is 5.32 Å². The number of carboxylic acids is 1. The van der Waals surface area contributed by atoms with Crippen molar-refractivity contribution in [3.8, 4) is 6.07 Å². The molecule has 0 radical (unpaired) electrons. The lowest BCUT2D eigenvalue weighted by Crippen LogP contribution is -2.40. The van der Waals surface area contributed by atoms with Crippen LogP contribution < -0.4 is 5.32 Å². The van der Waals surface area contributed by atoms with E-state index in [4.69, 9.17) is 5.26 Å². The van der Waals surface area contributed by atoms with Crippen LogP contribution in [-0.4, -0.2) is 23.0 Å². The van der Waals surface area contributed by atoms with E-state index in [1.807, 2.05) is 13.0 Å². The van der Waals surface area contributed by atoms with Crippen LogP contribution in [0.3, 0.4) is 0 Å². The number of nitrogens with one attached hydrogen (secondary N) is 1. The second kappa shape index (κ2) is 6.39. The van der Waals surface area contributed by atoms with Gasteiger partial charge in [-0.3, -0.25) is 9.59 Å². The Bertz CT molecular complexity index is 354. The summed E-state index contributed by atoms with van der Waals surface area (Å²) in [4.78, 5) is 23.2. The lowest BCUT2D eigenvalue weighted by molar-refractivity contribution is -0.151. The van der Waals surface area contributed by atoms with Crippen molar-refractivity contribution in [2.75, 3.05) is 0 Å². The quantitative estimate of drug-likeness (QED) is 0.754. The van der Waals surface area contributed by atoms with E-state index < -0.39 is 11.4 Å². The molecule has 1 rings (SSSR count). The monoisotopic (exact) mass is 252 g/mol. The summed E-state index contributed by atoms with van der Waals surface area (Å²) >= 11 is 0. The molecule has 0 aliphatic heterocycles. The molecule has 100 valence electrons. The van der Waals surface area contributed by atoms with Crippen LogP contribution >= 0.6 is 0 Å². The van der Waals surface area contributed by atoms with E-state index >= 15 is 0 Å². The third-order valence-electron chi connectivity index (χ3n) is 3.71. The van der Waals surface area contributed by atoms with Gasteiger partial charge >= 0.3 is 5.97 Å². The summed E-state index contributed by atoms with van der Waals surface area (Å²) in [7, 11) is 0. The number of aliphatic carboxylic acids is 1. The number of rotatable bonds is 6. The summed E-state index contributed by atoms with van der Waals surface area (Å²) in [6.45, 7) is 1.89. The first-order valence-corrected chi connectivity index (χ1v) is 6.44. The number of hydrogen-bond acceptors (Lipinski definition) is 3. The highest BCUT2D eigenvalue weighted by molar-refractivity contribution is 5.85. The lowest BCUT2D eigenvalue weighted by Gasteiger charge is -2.24. The normalized spacial score (nSPS) is 18.9. The van der Waals surface area contributed by atoms with Gasteiger partial charge < -0.3 is 10.4 Å². The molecule has 0 aromatic carbocycles. The van der Waals surface area contributed by atoms with Gasteiger partial charge in [0.1, 0.15) is 0 Å². The van der Waals surface area contributed by atoms with Gasteiger partial charge in [-0.05, 0) is 19.3 Å². The lowest BCUT2D eigenvalue weighted by atomic mass is 9.82. The number of amides is 1. The third-order valence-corrected chi connectivity index (χ3v) is 3.71. The fraction of sp³-hybridized carbons (Fsp3) is 0.769. The van der Waals surface area contributed by atoms with Crippen molar-refractivity contribution in [1.29, 1.82) is 5.26 Å². The minimum atomic E-state index is -0.880. The first kappa shape index (κ1) is 14.5. The zero-order chi connectivity index (χ0) is 13.6. The van der Waals surface area contributed by atoms with E-state index in [9.17, 15) is 14.7 Å². The third kappa shape index (κ3) is 3.46. The fourth-order valence-corrected chi connectivity index (χ4v) is 2.51. The van der Waals surface area contributed by atoms with Gasteiger partial charge in [-0.2, -0.15) is 5.26 Å². The van der Waals surface area contributed by atoms with Crippen LogP contribution in [0.1, 0.15) is 51.9 Å². The van der Waals surface area contributed by atoms with Gasteiger partial charge in [0.15, 0.2) is 0 Å². The minimum absolute atomic E-state index is 0.0320. The number of hydrogen-bond donors (Lipinski definition) is 2. The molecular weight excluding hydrogens is 232 g/mol. The SMILES string of the molecule is CCC(CC#N)NC(=O)CC1(C(=O)O)CCCC1. The summed E-state index contributed by atoms with van der Waals surface area (Å²) < 4.78 is 0. The molecule has 2 N–H and O–H groups in total. The van der Waals surface area contributed by atoms with Crippen LogP contribution in [0.15, 0.2) is 0 Å². The Balaban J connectivity index is 2.57. The number of carboxylic acid groups (broad SMARTS) is 1. The summed E-state index contributed by atoms with van der Waals surface area (Å²) in [5, 5.41) is 20.6. The van der Waals surface area contributed by atoms with E-state index in [1.165, 1.54) is 0 Å². The molecule has 0 spiro atoms. The van der Waals surface area contributed by atoms with Crippen molar-refractivity contribution in [3.63, 3.8) is 0 Å². The maximum absolute atomic E-state index is 11.9. The van der Waals surface area contributed by atoms with E-state index in [1.54, 1.807) is 0 Å². The molecule has 5 heteroatoms. The molecule has 0 heterocycles. The average Bonchev–Trinajstić information content (AvgIpc) is 2.78. The van der Waals surface area contributed by atoms with Crippen molar-refractivity contribution in [2.45, 2.75) is 57.9 Å². The Morgan fingerprint density at radius 2 is 2.06 bits per heavy atom.